The molecule has 0 fully saturated rings. The first-order valence-electron chi connectivity index (χ1n) is 18.1. The molecule has 0 aliphatic carbocycles. The predicted molar refractivity (Wildman–Crippen MR) is 226 cm³/mol. The number of hydrogen-bond acceptors (Lipinski definition) is 8. The van der Waals surface area contributed by atoms with E-state index in [2.05, 4.69) is 81.3 Å². The second-order valence-electron chi connectivity index (χ2n) is 15.6. The van der Waals surface area contributed by atoms with Crippen LogP contribution in [0, 0.1) is 6.92 Å². The molecule has 1 N–H and O–H groups in total. The zero-order valence-corrected chi connectivity index (χ0v) is 39.3. The van der Waals surface area contributed by atoms with E-state index in [9.17, 15) is 13.2 Å². The van der Waals surface area contributed by atoms with Crippen molar-refractivity contribution in [2.75, 3.05) is 50.5 Å². The van der Waals surface area contributed by atoms with Gasteiger partial charge in [0.25, 0.3) is 5.91 Å². The molecule has 0 saturated carbocycles. The molecule has 16 heteroatoms. The molecule has 10 nitrogen and oxygen atoms in total. The van der Waals surface area contributed by atoms with Gasteiger partial charge in [-0.15, -0.1) is 0 Å². The van der Waals surface area contributed by atoms with Crippen LogP contribution in [0.5, 0.6) is 11.5 Å². The van der Waals surface area contributed by atoms with Gasteiger partial charge in [0.2, 0.25) is 10.0 Å². The molecule has 0 bridgehead atoms. The molecular weight excluding hydrogens is 820 g/mol. The Morgan fingerprint density at radius 3 is 2.06 bits per heavy atom. The summed E-state index contributed by atoms with van der Waals surface area (Å²) in [6.07, 6.45) is 0.593. The van der Waals surface area contributed by atoms with Crippen molar-refractivity contribution in [1.29, 1.82) is 0 Å². The minimum Gasteiger partial charge on any atom is -0.482 e. The van der Waals surface area contributed by atoms with Crippen LogP contribution in [-0.2, 0) is 28.7 Å². The summed E-state index contributed by atoms with van der Waals surface area (Å²) in [4.78, 5) is 13.2. The fourth-order valence-electron chi connectivity index (χ4n) is 5.26. The highest BCUT2D eigenvalue weighted by molar-refractivity contribution is 9.10. The van der Waals surface area contributed by atoms with Gasteiger partial charge in [-0.25, -0.2) is 12.7 Å². The maximum Gasteiger partial charge on any atom is 0.258 e. The molecule has 2 aromatic rings. The third kappa shape index (κ3) is 16.1. The molecule has 0 spiro atoms. The van der Waals surface area contributed by atoms with Gasteiger partial charge in [-0.3, -0.25) is 4.79 Å². The smallest absolute Gasteiger partial charge is 0.258 e. The standard InChI is InChI=1S/C36H62BrClN2O8SSi3/c1-12-52(13-2,14-3)48-34(24-39-35(41)25-46-36-28(4)21-30(37)23-31(36)38)29-15-16-33(47-27-45-18-20-51(9,10)11)32(22-29)40(49(5,42)43)26-44-17-19-50(6,7)8/h15-16,21-23,34H,12-14,17-20,24-27H2,1-11H3,(H,39,41)/t34-/m0/s1. The number of halogens is 2. The van der Waals surface area contributed by atoms with Crippen molar-refractivity contribution in [1.82, 2.24) is 5.32 Å². The van der Waals surface area contributed by atoms with Crippen molar-refractivity contribution >= 4 is 73.6 Å². The van der Waals surface area contributed by atoms with Gasteiger partial charge in [0.05, 0.1) is 23.1 Å². The van der Waals surface area contributed by atoms with Crippen LogP contribution < -0.4 is 19.1 Å². The fourth-order valence-corrected chi connectivity index (χ4v) is 11.4. The van der Waals surface area contributed by atoms with Crippen molar-refractivity contribution in [3.8, 4) is 11.5 Å². The average molecular weight is 883 g/mol. The lowest BCUT2D eigenvalue weighted by Gasteiger charge is -2.34. The van der Waals surface area contributed by atoms with E-state index in [4.69, 9.17) is 35.0 Å². The Morgan fingerprint density at radius 1 is 0.923 bits per heavy atom. The molecule has 52 heavy (non-hydrogen) atoms. The SMILES string of the molecule is CC[Si](CC)(CC)O[C@@H](CNC(=O)COc1c(C)cc(Br)cc1Cl)c1ccc(OCOCC[Si](C)(C)C)c(N(COCC[Si](C)(C)C)S(C)(=O)=O)c1. The van der Waals surface area contributed by atoms with Gasteiger partial charge in [0.15, 0.2) is 21.7 Å². The van der Waals surface area contributed by atoms with E-state index in [0.717, 1.165) is 46.5 Å². The Bertz CT molecular complexity index is 1520. The monoisotopic (exact) mass is 880 g/mol. The average Bonchev–Trinajstić information content (AvgIpc) is 3.03. The summed E-state index contributed by atoms with van der Waals surface area (Å²) < 4.78 is 59.4. The molecule has 296 valence electrons. The number of ether oxygens (including phenoxy) is 4. The maximum absolute atomic E-state index is 13.3. The number of rotatable bonds is 24. The van der Waals surface area contributed by atoms with Gasteiger partial charge in [0, 0.05) is 40.4 Å². The minimum absolute atomic E-state index is 0.0275. The first kappa shape index (κ1) is 46.7. The molecule has 0 saturated heterocycles. The van der Waals surface area contributed by atoms with E-state index in [1.165, 1.54) is 4.31 Å². The molecule has 0 unspecified atom stereocenters. The third-order valence-electron chi connectivity index (χ3n) is 8.87. The summed E-state index contributed by atoms with van der Waals surface area (Å²) in [5.74, 6) is 0.451. The lowest BCUT2D eigenvalue weighted by atomic mass is 10.1. The Balaban J connectivity index is 2.48. The molecule has 1 amide bonds. The third-order valence-corrected chi connectivity index (χ3v) is 18.8. The molecule has 0 aromatic heterocycles. The number of nitrogens with one attached hydrogen (secondary N) is 1. The van der Waals surface area contributed by atoms with Crippen LogP contribution in [0.1, 0.15) is 38.0 Å². The molecular formula is C36H62BrClN2O8SSi3. The van der Waals surface area contributed by atoms with Gasteiger partial charge in [0.1, 0.15) is 18.2 Å². The lowest BCUT2D eigenvalue weighted by Crippen LogP contribution is -2.41. The second kappa shape index (κ2) is 21.0. The molecule has 2 rings (SSSR count). The van der Waals surface area contributed by atoms with Crippen LogP contribution in [0.25, 0.3) is 0 Å². The second-order valence-corrected chi connectivity index (χ2v) is 34.8. The van der Waals surface area contributed by atoms with Crippen LogP contribution in [0.4, 0.5) is 5.69 Å². The summed E-state index contributed by atoms with van der Waals surface area (Å²) in [6.45, 7) is 22.6. The van der Waals surface area contributed by atoms with Gasteiger partial charge in [-0.05, 0) is 72.5 Å². The topological polar surface area (TPSA) is 113 Å². The summed E-state index contributed by atoms with van der Waals surface area (Å²) in [5.41, 5.74) is 1.83. The van der Waals surface area contributed by atoms with Crippen molar-refractivity contribution in [2.45, 2.75) is 103 Å². The van der Waals surface area contributed by atoms with Crippen molar-refractivity contribution in [3.63, 3.8) is 0 Å². The van der Waals surface area contributed by atoms with E-state index >= 15 is 0 Å². The lowest BCUT2D eigenvalue weighted by molar-refractivity contribution is -0.123. The summed E-state index contributed by atoms with van der Waals surface area (Å²) in [6, 6.07) is 13.5. The van der Waals surface area contributed by atoms with Crippen LogP contribution in [0.15, 0.2) is 34.8 Å². The number of aryl methyl sites for hydroxylation is 1. The summed E-state index contributed by atoms with van der Waals surface area (Å²) in [5, 5.41) is 3.39. The number of anilines is 1. The molecule has 0 heterocycles. The molecule has 0 aliphatic heterocycles. The molecule has 0 aliphatic rings. The highest BCUT2D eigenvalue weighted by atomic mass is 79.9. The Hall–Kier alpha value is -1.44. The number of carbonyl (C=O) groups is 1. The number of carbonyl (C=O) groups excluding carboxylic acids is 1. The highest BCUT2D eigenvalue weighted by Gasteiger charge is 2.34. The summed E-state index contributed by atoms with van der Waals surface area (Å²) in [7, 11) is -8.73. The Labute approximate surface area is 329 Å². The van der Waals surface area contributed by atoms with Crippen molar-refractivity contribution in [3.05, 3.63) is 51.0 Å². The van der Waals surface area contributed by atoms with E-state index in [0.29, 0.717) is 41.0 Å². The molecule has 1 atom stereocenters. The molecule has 2 aromatic carbocycles. The zero-order chi connectivity index (χ0) is 39.3. The predicted octanol–water partition coefficient (Wildman–Crippen LogP) is 9.44. The van der Waals surface area contributed by atoms with E-state index in [-0.39, 0.29) is 32.6 Å². The number of sulfonamides is 1. The van der Waals surface area contributed by atoms with Gasteiger partial charge >= 0.3 is 0 Å². The normalized spacial score (nSPS) is 13.2. The number of amides is 1. The van der Waals surface area contributed by atoms with Crippen LogP contribution >= 0.6 is 27.5 Å². The number of benzene rings is 2. The van der Waals surface area contributed by atoms with Crippen molar-refractivity contribution < 1.29 is 36.6 Å². The molecule has 0 radical (unpaired) electrons. The van der Waals surface area contributed by atoms with E-state index < -0.39 is 40.6 Å². The minimum atomic E-state index is -3.80. The highest BCUT2D eigenvalue weighted by Crippen LogP contribution is 2.37. The fraction of sp³-hybridized carbons (Fsp3) is 0.639. The summed E-state index contributed by atoms with van der Waals surface area (Å²) >= 11 is 9.81. The van der Waals surface area contributed by atoms with Gasteiger partial charge < -0.3 is 28.7 Å². The van der Waals surface area contributed by atoms with Crippen LogP contribution in [-0.4, -0.2) is 84.9 Å². The Kier molecular flexibility index (Phi) is 18.9. The van der Waals surface area contributed by atoms with Crippen LogP contribution in [0.2, 0.25) is 74.5 Å². The number of nitrogens with zero attached hydrogens (tertiary/aromatic N) is 1. The van der Waals surface area contributed by atoms with Gasteiger partial charge in [-0.2, -0.15) is 0 Å². The van der Waals surface area contributed by atoms with Crippen molar-refractivity contribution in [2.24, 2.45) is 0 Å². The first-order valence-corrected chi connectivity index (χ1v) is 31.0. The van der Waals surface area contributed by atoms with E-state index in [1.807, 2.05) is 19.1 Å². The van der Waals surface area contributed by atoms with Crippen LogP contribution in [0.3, 0.4) is 0 Å². The Morgan fingerprint density at radius 2 is 1.52 bits per heavy atom. The van der Waals surface area contributed by atoms with Gasteiger partial charge in [-0.1, -0.05) is 93.7 Å². The maximum atomic E-state index is 13.3. The first-order chi connectivity index (χ1) is 24.1. The zero-order valence-electron chi connectivity index (χ0n) is 33.1. The van der Waals surface area contributed by atoms with E-state index in [1.54, 1.807) is 18.2 Å². The number of hydrogen-bond donors (Lipinski definition) is 1. The quantitative estimate of drug-likeness (QED) is 0.0631. The largest absolute Gasteiger partial charge is 0.482 e.